The normalized spacial score (nSPS) is 12.0. The molecule has 3 aromatic rings. The first-order chi connectivity index (χ1) is 12.7. The van der Waals surface area contributed by atoms with Crippen LogP contribution in [0.25, 0.3) is 0 Å². The summed E-state index contributed by atoms with van der Waals surface area (Å²) in [5.41, 5.74) is 0.994. The van der Waals surface area contributed by atoms with Crippen LogP contribution in [0.4, 0.5) is 5.69 Å². The lowest BCUT2D eigenvalue weighted by atomic mass is 10.1. The van der Waals surface area contributed by atoms with Gasteiger partial charge in [-0.25, -0.2) is 0 Å². The van der Waals surface area contributed by atoms with E-state index in [4.69, 9.17) is 18.7 Å². The van der Waals surface area contributed by atoms with Crippen LogP contribution in [0, 0.1) is 6.92 Å². The van der Waals surface area contributed by atoms with E-state index >= 15 is 0 Å². The fraction of sp³-hybridized carbons (Fsp3) is 0.167. The molecule has 1 aliphatic heterocycles. The van der Waals surface area contributed by atoms with Crippen LogP contribution in [0.2, 0.25) is 0 Å². The Morgan fingerprint density at radius 2 is 2.04 bits per heavy atom. The smallest absolute Gasteiger partial charge is 0.259 e. The first kappa shape index (κ1) is 15.9. The van der Waals surface area contributed by atoms with Crippen molar-refractivity contribution in [2.24, 2.45) is 0 Å². The molecule has 0 bridgehead atoms. The van der Waals surface area contributed by atoms with Gasteiger partial charge in [-0.1, -0.05) is 17.3 Å². The fourth-order valence-corrected chi connectivity index (χ4v) is 2.50. The molecule has 0 atom stereocenters. The highest BCUT2D eigenvalue weighted by atomic mass is 16.7. The number of aromatic nitrogens is 2. The Hall–Kier alpha value is -3.55. The summed E-state index contributed by atoms with van der Waals surface area (Å²) < 4.78 is 21.2. The van der Waals surface area contributed by atoms with Crippen molar-refractivity contribution >= 4 is 11.6 Å². The Labute approximate surface area is 148 Å². The van der Waals surface area contributed by atoms with Crippen molar-refractivity contribution in [3.8, 4) is 17.2 Å². The van der Waals surface area contributed by atoms with Crippen molar-refractivity contribution in [1.82, 2.24) is 10.1 Å². The third-order valence-corrected chi connectivity index (χ3v) is 3.69. The summed E-state index contributed by atoms with van der Waals surface area (Å²) >= 11 is 0. The zero-order valence-corrected chi connectivity index (χ0v) is 13.9. The van der Waals surface area contributed by atoms with Crippen LogP contribution >= 0.6 is 0 Å². The Balaban J connectivity index is 1.49. The lowest BCUT2D eigenvalue weighted by Gasteiger charge is -2.11. The largest absolute Gasteiger partial charge is 0.485 e. The molecular formula is C18H15N3O5. The number of amides is 1. The van der Waals surface area contributed by atoms with Gasteiger partial charge in [-0.3, -0.25) is 4.79 Å². The van der Waals surface area contributed by atoms with E-state index < -0.39 is 0 Å². The van der Waals surface area contributed by atoms with Crippen LogP contribution in [0.5, 0.6) is 17.2 Å². The van der Waals surface area contributed by atoms with Crippen molar-refractivity contribution in [3.63, 3.8) is 0 Å². The summed E-state index contributed by atoms with van der Waals surface area (Å²) in [5.74, 6) is 2.24. The van der Waals surface area contributed by atoms with Crippen molar-refractivity contribution in [1.29, 1.82) is 0 Å². The average molecular weight is 353 g/mol. The molecule has 8 heteroatoms. The summed E-state index contributed by atoms with van der Waals surface area (Å²) in [7, 11) is 0. The van der Waals surface area contributed by atoms with E-state index in [1.165, 1.54) is 0 Å². The summed E-state index contributed by atoms with van der Waals surface area (Å²) in [6.07, 6.45) is 0. The molecule has 0 unspecified atom stereocenters. The number of hydrogen-bond acceptors (Lipinski definition) is 7. The minimum Gasteiger partial charge on any atom is -0.485 e. The molecule has 4 rings (SSSR count). The molecule has 0 aliphatic carbocycles. The molecule has 1 aliphatic rings. The molecule has 1 N–H and O–H groups in total. The molecule has 8 nitrogen and oxygen atoms in total. The summed E-state index contributed by atoms with van der Waals surface area (Å²) in [4.78, 5) is 16.7. The highest BCUT2D eigenvalue weighted by molar-refractivity contribution is 6.06. The highest BCUT2D eigenvalue weighted by Gasteiger charge is 2.17. The maximum Gasteiger partial charge on any atom is 0.259 e. The van der Waals surface area contributed by atoms with E-state index in [2.05, 4.69) is 15.5 Å². The quantitative estimate of drug-likeness (QED) is 0.753. The predicted octanol–water partition coefficient (Wildman–Crippen LogP) is 2.94. The van der Waals surface area contributed by atoms with Gasteiger partial charge in [0.2, 0.25) is 18.5 Å². The molecule has 1 aromatic heterocycles. The van der Waals surface area contributed by atoms with Gasteiger partial charge in [-0.05, 0) is 24.3 Å². The van der Waals surface area contributed by atoms with Gasteiger partial charge in [-0.15, -0.1) is 0 Å². The van der Waals surface area contributed by atoms with Crippen molar-refractivity contribution < 1.29 is 23.5 Å². The van der Waals surface area contributed by atoms with Gasteiger partial charge >= 0.3 is 0 Å². The number of hydrogen-bond donors (Lipinski definition) is 1. The molecule has 2 heterocycles. The third kappa shape index (κ3) is 3.30. The summed E-state index contributed by atoms with van der Waals surface area (Å²) in [6.45, 7) is 1.98. The van der Waals surface area contributed by atoms with Crippen LogP contribution in [0.15, 0.2) is 47.0 Å². The Morgan fingerprint density at radius 1 is 1.19 bits per heavy atom. The number of nitrogens with zero attached hydrogens (tertiary/aromatic N) is 2. The Morgan fingerprint density at radius 3 is 2.88 bits per heavy atom. The molecule has 1 amide bonds. The molecule has 0 radical (unpaired) electrons. The number of carbonyl (C=O) groups excluding carboxylic acids is 1. The van der Waals surface area contributed by atoms with Crippen molar-refractivity contribution in [2.45, 2.75) is 13.5 Å². The zero-order chi connectivity index (χ0) is 17.9. The van der Waals surface area contributed by atoms with Gasteiger partial charge in [0, 0.05) is 18.7 Å². The third-order valence-electron chi connectivity index (χ3n) is 3.69. The van der Waals surface area contributed by atoms with Crippen LogP contribution in [0.3, 0.4) is 0 Å². The summed E-state index contributed by atoms with van der Waals surface area (Å²) in [5, 5.41) is 6.60. The molecule has 0 fully saturated rings. The van der Waals surface area contributed by atoms with E-state index in [1.54, 1.807) is 49.4 Å². The molecular weight excluding hydrogens is 338 g/mol. The van der Waals surface area contributed by atoms with E-state index in [0.29, 0.717) is 40.2 Å². The van der Waals surface area contributed by atoms with Gasteiger partial charge in [0.15, 0.2) is 18.1 Å². The molecule has 2 aromatic carbocycles. The number of ether oxygens (including phenoxy) is 3. The summed E-state index contributed by atoms with van der Waals surface area (Å²) in [6, 6.07) is 12.1. The van der Waals surface area contributed by atoms with Gasteiger partial charge in [-0.2, -0.15) is 4.98 Å². The average Bonchev–Trinajstić information content (AvgIpc) is 3.28. The van der Waals surface area contributed by atoms with E-state index in [-0.39, 0.29) is 19.3 Å². The number of benzene rings is 2. The second-order valence-corrected chi connectivity index (χ2v) is 5.54. The lowest BCUT2D eigenvalue weighted by Crippen LogP contribution is -2.13. The van der Waals surface area contributed by atoms with Crippen molar-refractivity contribution in [3.05, 3.63) is 59.7 Å². The van der Waals surface area contributed by atoms with Gasteiger partial charge in [0.25, 0.3) is 5.91 Å². The number of nitrogens with one attached hydrogen (secondary N) is 1. The number of aryl methyl sites for hydroxylation is 1. The van der Waals surface area contributed by atoms with Crippen LogP contribution < -0.4 is 19.5 Å². The minimum atomic E-state index is -0.302. The molecule has 132 valence electrons. The van der Waals surface area contributed by atoms with Crippen LogP contribution in [-0.2, 0) is 6.61 Å². The van der Waals surface area contributed by atoms with Crippen molar-refractivity contribution in [2.75, 3.05) is 12.1 Å². The first-order valence-corrected chi connectivity index (χ1v) is 7.91. The Kier molecular flexibility index (Phi) is 4.14. The number of para-hydroxylation sites is 1. The van der Waals surface area contributed by atoms with Crippen LogP contribution in [-0.4, -0.2) is 22.8 Å². The molecule has 26 heavy (non-hydrogen) atoms. The van der Waals surface area contributed by atoms with Gasteiger partial charge in [0.1, 0.15) is 5.75 Å². The fourth-order valence-electron chi connectivity index (χ4n) is 2.50. The maximum atomic E-state index is 12.6. The van der Waals surface area contributed by atoms with Gasteiger partial charge < -0.3 is 24.1 Å². The van der Waals surface area contributed by atoms with Gasteiger partial charge in [0.05, 0.1) is 5.56 Å². The van der Waals surface area contributed by atoms with E-state index in [1.807, 2.05) is 0 Å². The zero-order valence-electron chi connectivity index (χ0n) is 13.9. The van der Waals surface area contributed by atoms with E-state index in [9.17, 15) is 4.79 Å². The molecule has 0 saturated heterocycles. The minimum absolute atomic E-state index is 0.103. The SMILES string of the molecule is Cc1nc(COc2ccccc2C(=O)Nc2ccc3c(c2)OCO3)no1. The first-order valence-electron chi connectivity index (χ1n) is 7.91. The Bertz CT molecular complexity index is 954. The number of fused-ring (bicyclic) bond motifs is 1. The topological polar surface area (TPSA) is 95.7 Å². The molecule has 0 spiro atoms. The monoisotopic (exact) mass is 353 g/mol. The lowest BCUT2D eigenvalue weighted by molar-refractivity contribution is 0.102. The number of carbonyl (C=O) groups is 1. The predicted molar refractivity (Wildman–Crippen MR) is 90.3 cm³/mol. The maximum absolute atomic E-state index is 12.6. The van der Waals surface area contributed by atoms with Crippen LogP contribution in [0.1, 0.15) is 22.1 Å². The molecule has 0 saturated carbocycles. The second kappa shape index (κ2) is 6.75. The van der Waals surface area contributed by atoms with E-state index in [0.717, 1.165) is 0 Å². The number of anilines is 1. The number of rotatable bonds is 5. The standard InChI is InChI=1S/C18H15N3O5/c1-11-19-17(21-26-11)9-23-14-5-3-2-4-13(14)18(22)20-12-6-7-15-16(8-12)25-10-24-15/h2-8H,9-10H2,1H3,(H,20,22). The highest BCUT2D eigenvalue weighted by Crippen LogP contribution is 2.34. The second-order valence-electron chi connectivity index (χ2n) is 5.54.